The molecule has 0 aliphatic carbocycles. The van der Waals surface area contributed by atoms with Crippen LogP contribution >= 0.6 is 23.8 Å². The Balaban J connectivity index is 1.98. The normalized spacial score (nSPS) is 12.0. The Kier molecular flexibility index (Phi) is 5.74. The number of rotatable bonds is 5. The highest BCUT2D eigenvalue weighted by Gasteiger charge is 2.12. The average molecular weight is 352 g/mol. The summed E-state index contributed by atoms with van der Waals surface area (Å²) in [4.78, 5) is 29.4. The van der Waals surface area contributed by atoms with E-state index in [9.17, 15) is 9.59 Å². The topological polar surface area (TPSA) is 77.8 Å². The summed E-state index contributed by atoms with van der Waals surface area (Å²) in [5, 5.41) is 3.53. The van der Waals surface area contributed by atoms with E-state index in [2.05, 4.69) is 15.3 Å². The van der Waals surface area contributed by atoms with Crippen molar-refractivity contribution in [1.82, 2.24) is 15.3 Å². The lowest BCUT2D eigenvalue weighted by molar-refractivity contribution is -0.121. The Labute approximate surface area is 144 Å². The van der Waals surface area contributed by atoms with Crippen molar-refractivity contribution in [3.05, 3.63) is 61.2 Å². The summed E-state index contributed by atoms with van der Waals surface area (Å²) in [6.45, 7) is 3.66. The van der Waals surface area contributed by atoms with Gasteiger partial charge in [-0.1, -0.05) is 23.7 Å². The van der Waals surface area contributed by atoms with Crippen molar-refractivity contribution < 1.29 is 4.79 Å². The Morgan fingerprint density at radius 2 is 2.13 bits per heavy atom. The van der Waals surface area contributed by atoms with Gasteiger partial charge >= 0.3 is 0 Å². The third-order valence-electron chi connectivity index (χ3n) is 3.58. The summed E-state index contributed by atoms with van der Waals surface area (Å²) in [6, 6.07) is 7.20. The molecule has 0 fully saturated rings. The third kappa shape index (κ3) is 4.77. The number of hydrogen-bond acceptors (Lipinski definition) is 3. The fraction of sp³-hybridized carbons (Fsp3) is 0.312. The van der Waals surface area contributed by atoms with Gasteiger partial charge in [0.05, 0.1) is 6.04 Å². The molecule has 2 rings (SSSR count). The number of carbonyl (C=O) groups excluding carboxylic acids is 1. The third-order valence-corrected chi connectivity index (χ3v) is 4.02. The van der Waals surface area contributed by atoms with Gasteiger partial charge in [-0.2, -0.15) is 0 Å². The maximum absolute atomic E-state index is 12.1. The highest BCUT2D eigenvalue weighted by atomic mass is 35.5. The number of aromatic amines is 2. The predicted octanol–water partition coefficient (Wildman–Crippen LogP) is 3.20. The van der Waals surface area contributed by atoms with E-state index in [0.29, 0.717) is 22.7 Å². The number of H-pyrrole nitrogens is 2. The Morgan fingerprint density at radius 1 is 1.39 bits per heavy atom. The van der Waals surface area contributed by atoms with Gasteiger partial charge < -0.3 is 10.3 Å². The molecule has 3 N–H and O–H groups in total. The van der Waals surface area contributed by atoms with E-state index >= 15 is 0 Å². The lowest BCUT2D eigenvalue weighted by atomic mass is 10.1. The average Bonchev–Trinajstić information content (AvgIpc) is 2.46. The van der Waals surface area contributed by atoms with Crippen LogP contribution in [0.2, 0.25) is 5.02 Å². The summed E-state index contributed by atoms with van der Waals surface area (Å²) in [7, 11) is 0. The largest absolute Gasteiger partial charge is 0.350 e. The molecule has 1 aromatic carbocycles. The number of aryl methyl sites for hydroxylation is 1. The van der Waals surface area contributed by atoms with Crippen molar-refractivity contribution >= 4 is 29.7 Å². The molecule has 1 amide bonds. The van der Waals surface area contributed by atoms with Gasteiger partial charge in [-0.25, -0.2) is 0 Å². The zero-order valence-electron chi connectivity index (χ0n) is 12.9. The number of benzene rings is 1. The zero-order chi connectivity index (χ0) is 17.0. The highest BCUT2D eigenvalue weighted by Crippen LogP contribution is 2.17. The van der Waals surface area contributed by atoms with Crippen LogP contribution in [0.15, 0.2) is 29.1 Å². The second-order valence-corrected chi connectivity index (χ2v) is 6.20. The molecule has 0 aliphatic heterocycles. The van der Waals surface area contributed by atoms with Crippen molar-refractivity contribution in [3.8, 4) is 0 Å². The number of hydrogen-bond donors (Lipinski definition) is 3. The summed E-state index contributed by atoms with van der Waals surface area (Å²) < 4.78 is 0.287. The first kappa shape index (κ1) is 17.4. The molecule has 0 unspecified atom stereocenters. The fourth-order valence-corrected chi connectivity index (χ4v) is 2.78. The van der Waals surface area contributed by atoms with Crippen LogP contribution in [0.1, 0.15) is 36.2 Å². The summed E-state index contributed by atoms with van der Waals surface area (Å²) in [6.07, 6.45) is 0.570. The number of amides is 1. The van der Waals surface area contributed by atoms with E-state index in [0.717, 1.165) is 5.56 Å². The molecule has 0 spiro atoms. The zero-order valence-corrected chi connectivity index (χ0v) is 14.5. The first-order valence-electron chi connectivity index (χ1n) is 7.23. The van der Waals surface area contributed by atoms with E-state index < -0.39 is 0 Å². The minimum atomic E-state index is -0.248. The smallest absolute Gasteiger partial charge is 0.255 e. The van der Waals surface area contributed by atoms with Crippen LogP contribution in [0, 0.1) is 11.7 Å². The van der Waals surface area contributed by atoms with Crippen LogP contribution in [-0.4, -0.2) is 15.9 Å². The molecule has 2 aromatic rings. The number of aromatic nitrogens is 2. The molecule has 23 heavy (non-hydrogen) atoms. The summed E-state index contributed by atoms with van der Waals surface area (Å²) in [5.74, 6) is -0.126. The molecule has 0 radical (unpaired) electrons. The van der Waals surface area contributed by atoms with Crippen molar-refractivity contribution in [2.24, 2.45) is 0 Å². The van der Waals surface area contributed by atoms with Gasteiger partial charge in [-0.3, -0.25) is 14.6 Å². The first-order chi connectivity index (χ1) is 10.9. The van der Waals surface area contributed by atoms with Gasteiger partial charge in [0.25, 0.3) is 5.56 Å². The second-order valence-electron chi connectivity index (χ2n) is 5.36. The van der Waals surface area contributed by atoms with Crippen molar-refractivity contribution in [2.45, 2.75) is 32.7 Å². The Morgan fingerprint density at radius 3 is 2.78 bits per heavy atom. The van der Waals surface area contributed by atoms with E-state index in [1.165, 1.54) is 0 Å². The molecular formula is C16H18ClN3O2S. The molecule has 1 aromatic heterocycles. The molecule has 122 valence electrons. The van der Waals surface area contributed by atoms with Crippen LogP contribution in [0.25, 0.3) is 0 Å². The molecule has 0 bridgehead atoms. The molecule has 7 heteroatoms. The molecule has 0 saturated carbocycles. The summed E-state index contributed by atoms with van der Waals surface area (Å²) in [5.41, 5.74) is 1.92. The predicted molar refractivity (Wildman–Crippen MR) is 93.3 cm³/mol. The standard InChI is InChI=1S/C16H18ClN3O2S/c1-9(11-4-3-5-12(17)8-11)18-14(21)7-6-13-10(2)19-16(23)20-15(13)22/h3-5,8-9H,6-7H2,1-2H3,(H,18,21)(H2,19,20,22,23)/t9-/m0/s1. The molecule has 1 atom stereocenters. The van der Waals surface area contributed by atoms with Gasteiger partial charge in [0.2, 0.25) is 5.91 Å². The SMILES string of the molecule is Cc1[nH]c(=S)[nH]c(=O)c1CCC(=O)N[C@@H](C)c1cccc(Cl)c1. The lowest BCUT2D eigenvalue weighted by Gasteiger charge is -2.14. The van der Waals surface area contributed by atoms with Crippen molar-refractivity contribution in [1.29, 1.82) is 0 Å². The molecule has 0 aliphatic rings. The minimum Gasteiger partial charge on any atom is -0.350 e. The van der Waals surface area contributed by atoms with Crippen molar-refractivity contribution in [3.63, 3.8) is 0 Å². The molecule has 1 heterocycles. The highest BCUT2D eigenvalue weighted by molar-refractivity contribution is 7.71. The van der Waals surface area contributed by atoms with Crippen LogP contribution in [0.5, 0.6) is 0 Å². The molecular weight excluding hydrogens is 334 g/mol. The van der Waals surface area contributed by atoms with Gasteiger partial charge in [0, 0.05) is 22.7 Å². The van der Waals surface area contributed by atoms with Gasteiger partial charge in [0.15, 0.2) is 4.77 Å². The van der Waals surface area contributed by atoms with Gasteiger partial charge in [-0.15, -0.1) is 0 Å². The first-order valence-corrected chi connectivity index (χ1v) is 8.02. The Bertz CT molecular complexity index is 829. The molecule has 5 nitrogen and oxygen atoms in total. The number of halogens is 1. The lowest BCUT2D eigenvalue weighted by Crippen LogP contribution is -2.28. The van der Waals surface area contributed by atoms with Gasteiger partial charge in [-0.05, 0) is 50.2 Å². The molecule has 0 saturated heterocycles. The van der Waals surface area contributed by atoms with Crippen LogP contribution in [0.3, 0.4) is 0 Å². The summed E-state index contributed by atoms with van der Waals surface area (Å²) >= 11 is 10.9. The minimum absolute atomic E-state index is 0.126. The van der Waals surface area contributed by atoms with E-state index in [1.54, 1.807) is 13.0 Å². The number of carbonyl (C=O) groups is 1. The van der Waals surface area contributed by atoms with Crippen molar-refractivity contribution in [2.75, 3.05) is 0 Å². The quantitative estimate of drug-likeness (QED) is 0.724. The number of nitrogens with one attached hydrogen (secondary N) is 3. The van der Waals surface area contributed by atoms with Crippen LogP contribution in [-0.2, 0) is 11.2 Å². The Hall–Kier alpha value is -1.92. The van der Waals surface area contributed by atoms with Gasteiger partial charge in [0.1, 0.15) is 0 Å². The fourth-order valence-electron chi connectivity index (χ4n) is 2.34. The van der Waals surface area contributed by atoms with Crippen LogP contribution < -0.4 is 10.9 Å². The van der Waals surface area contributed by atoms with E-state index in [4.69, 9.17) is 23.8 Å². The second kappa shape index (κ2) is 7.57. The monoisotopic (exact) mass is 351 g/mol. The van der Waals surface area contributed by atoms with E-state index in [1.807, 2.05) is 25.1 Å². The van der Waals surface area contributed by atoms with E-state index in [-0.39, 0.29) is 28.7 Å². The maximum atomic E-state index is 12.1. The maximum Gasteiger partial charge on any atom is 0.255 e. The van der Waals surface area contributed by atoms with Crippen LogP contribution in [0.4, 0.5) is 0 Å².